The minimum atomic E-state index is -1.46. The van der Waals surface area contributed by atoms with Crippen molar-refractivity contribution in [2.24, 2.45) is 10.7 Å². The van der Waals surface area contributed by atoms with E-state index in [0.717, 1.165) is 10.5 Å². The van der Waals surface area contributed by atoms with Gasteiger partial charge in [-0.1, -0.05) is 42.5 Å². The Hall–Kier alpha value is -5.38. The van der Waals surface area contributed by atoms with Crippen LogP contribution in [0.2, 0.25) is 0 Å². The number of pyridine rings is 1. The van der Waals surface area contributed by atoms with Gasteiger partial charge in [-0.3, -0.25) is 19.5 Å². The van der Waals surface area contributed by atoms with E-state index in [1.807, 2.05) is 13.0 Å². The fraction of sp³-hybridized carbons (Fsp3) is 0.100. The summed E-state index contributed by atoms with van der Waals surface area (Å²) in [5, 5.41) is 5.61. The van der Waals surface area contributed by atoms with Crippen molar-refractivity contribution in [2.45, 2.75) is 19.6 Å². The fourth-order valence-corrected chi connectivity index (χ4v) is 4.46. The number of hydrogen-bond donors (Lipinski definition) is 3. The number of urea groups is 1. The maximum atomic E-state index is 15.1. The summed E-state index contributed by atoms with van der Waals surface area (Å²) in [5.41, 5.74) is 8.46. The zero-order chi connectivity index (χ0) is 28.2. The van der Waals surface area contributed by atoms with E-state index in [4.69, 9.17) is 5.73 Å². The molecule has 200 valence electrons. The number of aliphatic imine (C=N–C) groups is 1. The molecule has 40 heavy (non-hydrogen) atoms. The van der Waals surface area contributed by atoms with E-state index in [9.17, 15) is 14.4 Å². The van der Waals surface area contributed by atoms with Crippen LogP contribution >= 0.6 is 0 Å². The van der Waals surface area contributed by atoms with E-state index in [1.165, 1.54) is 18.3 Å². The zero-order valence-corrected chi connectivity index (χ0v) is 21.5. The monoisotopic (exact) mass is 536 g/mol. The second-order valence-electron chi connectivity index (χ2n) is 9.16. The van der Waals surface area contributed by atoms with Crippen molar-refractivity contribution in [1.29, 1.82) is 0 Å². The number of amides is 4. The predicted molar refractivity (Wildman–Crippen MR) is 149 cm³/mol. The molecule has 0 saturated carbocycles. The molecule has 10 heteroatoms. The number of nitrogens with one attached hydrogen (secondary N) is 2. The van der Waals surface area contributed by atoms with Crippen molar-refractivity contribution in [3.63, 3.8) is 0 Å². The summed E-state index contributed by atoms with van der Waals surface area (Å²) >= 11 is 0. The van der Waals surface area contributed by atoms with Crippen molar-refractivity contribution in [3.05, 3.63) is 125 Å². The number of benzodiazepines with no additional fused rings is 1. The zero-order valence-electron chi connectivity index (χ0n) is 21.5. The Balaban J connectivity index is 1.65. The summed E-state index contributed by atoms with van der Waals surface area (Å²) in [6, 6.07) is 22.4. The number of aromatic nitrogens is 1. The summed E-state index contributed by atoms with van der Waals surface area (Å²) < 4.78 is 15.1. The minimum Gasteiger partial charge on any atom is -0.366 e. The third kappa shape index (κ3) is 5.41. The number of primary amides is 1. The molecule has 1 aromatic heterocycles. The highest BCUT2D eigenvalue weighted by molar-refractivity contribution is 6.20. The van der Waals surface area contributed by atoms with Gasteiger partial charge in [0.05, 0.1) is 29.2 Å². The van der Waals surface area contributed by atoms with Crippen molar-refractivity contribution in [2.75, 3.05) is 10.6 Å². The Kier molecular flexibility index (Phi) is 7.32. The van der Waals surface area contributed by atoms with Gasteiger partial charge in [0.25, 0.3) is 11.8 Å². The Morgan fingerprint density at radius 1 is 1.00 bits per heavy atom. The van der Waals surface area contributed by atoms with E-state index in [2.05, 4.69) is 20.6 Å². The number of halogens is 1. The Bertz CT molecular complexity index is 1650. The molecule has 4 N–H and O–H groups in total. The minimum absolute atomic E-state index is 0.0893. The quantitative estimate of drug-likeness (QED) is 0.336. The highest BCUT2D eigenvalue weighted by Crippen LogP contribution is 2.27. The van der Waals surface area contributed by atoms with E-state index >= 15 is 4.39 Å². The number of nitrogens with two attached hydrogens (primary N) is 1. The van der Waals surface area contributed by atoms with Crippen LogP contribution in [-0.4, -0.2) is 39.6 Å². The first-order valence-corrected chi connectivity index (χ1v) is 12.4. The standard InChI is InChI=1S/C30H25FN6O3/c1-18-8-6-9-19(16-18)34-30(40)37(17-25-22(27(32)38)12-7-15-33-25)28-29(39)35-24-14-5-3-11-21(24)26(36-28)20-10-2-4-13-23(20)31/h2-16,28H,17H2,1H3,(H2,32,38)(H,34,40)(H,35,39). The van der Waals surface area contributed by atoms with Crippen LogP contribution in [0, 0.1) is 12.7 Å². The lowest BCUT2D eigenvalue weighted by Crippen LogP contribution is -2.48. The first-order valence-electron chi connectivity index (χ1n) is 12.4. The van der Waals surface area contributed by atoms with Crippen molar-refractivity contribution < 1.29 is 18.8 Å². The number of anilines is 2. The predicted octanol–water partition coefficient (Wildman–Crippen LogP) is 4.48. The van der Waals surface area contributed by atoms with Gasteiger partial charge in [0, 0.05) is 23.0 Å². The highest BCUT2D eigenvalue weighted by Gasteiger charge is 2.35. The van der Waals surface area contributed by atoms with Crippen LogP contribution in [0.4, 0.5) is 20.6 Å². The molecular weight excluding hydrogens is 511 g/mol. The summed E-state index contributed by atoms with van der Waals surface area (Å²) in [7, 11) is 0. The van der Waals surface area contributed by atoms with Crippen LogP contribution in [0.15, 0.2) is 96.1 Å². The third-order valence-corrected chi connectivity index (χ3v) is 6.36. The number of benzene rings is 3. The van der Waals surface area contributed by atoms with Gasteiger partial charge in [-0.25, -0.2) is 14.2 Å². The lowest BCUT2D eigenvalue weighted by Gasteiger charge is -2.28. The van der Waals surface area contributed by atoms with E-state index in [-0.39, 0.29) is 29.1 Å². The topological polar surface area (TPSA) is 130 Å². The van der Waals surface area contributed by atoms with Gasteiger partial charge in [-0.15, -0.1) is 0 Å². The van der Waals surface area contributed by atoms with Crippen LogP contribution < -0.4 is 16.4 Å². The Labute approximate surface area is 229 Å². The fourth-order valence-electron chi connectivity index (χ4n) is 4.46. The molecule has 5 rings (SSSR count). The molecule has 3 aromatic carbocycles. The number of fused-ring (bicyclic) bond motifs is 1. The van der Waals surface area contributed by atoms with Gasteiger partial charge in [-0.05, 0) is 55.0 Å². The molecule has 9 nitrogen and oxygen atoms in total. The molecule has 0 spiro atoms. The second kappa shape index (κ2) is 11.2. The van der Waals surface area contributed by atoms with Crippen LogP contribution in [0.3, 0.4) is 0 Å². The third-order valence-electron chi connectivity index (χ3n) is 6.36. The molecule has 1 aliphatic heterocycles. The van der Waals surface area contributed by atoms with Gasteiger partial charge in [0.15, 0.2) is 0 Å². The van der Waals surface area contributed by atoms with Crippen LogP contribution in [0.5, 0.6) is 0 Å². The van der Waals surface area contributed by atoms with Gasteiger partial charge in [0.2, 0.25) is 6.17 Å². The van der Waals surface area contributed by atoms with Crippen molar-refractivity contribution in [1.82, 2.24) is 9.88 Å². The second-order valence-corrected chi connectivity index (χ2v) is 9.16. The molecule has 1 unspecified atom stereocenters. The lowest BCUT2D eigenvalue weighted by atomic mass is 10.0. The van der Waals surface area contributed by atoms with Crippen molar-refractivity contribution in [3.8, 4) is 0 Å². The molecule has 4 amide bonds. The first kappa shape index (κ1) is 26.2. The molecule has 4 aromatic rings. The Morgan fingerprint density at radius 3 is 2.50 bits per heavy atom. The molecular formula is C30H25FN6O3. The smallest absolute Gasteiger partial charge is 0.324 e. The largest absolute Gasteiger partial charge is 0.366 e. The lowest BCUT2D eigenvalue weighted by molar-refractivity contribution is -0.120. The van der Waals surface area contributed by atoms with Crippen LogP contribution in [0.1, 0.15) is 32.7 Å². The summed E-state index contributed by atoms with van der Waals surface area (Å²) in [6.45, 7) is 1.58. The summed E-state index contributed by atoms with van der Waals surface area (Å²) in [6.07, 6.45) is -0.00954. The van der Waals surface area contributed by atoms with Crippen molar-refractivity contribution >= 4 is 34.9 Å². The van der Waals surface area contributed by atoms with Gasteiger partial charge in [-0.2, -0.15) is 0 Å². The molecule has 1 atom stereocenters. The molecule has 0 radical (unpaired) electrons. The number of hydrogen-bond acceptors (Lipinski definition) is 5. The maximum Gasteiger partial charge on any atom is 0.324 e. The number of carbonyl (C=O) groups excluding carboxylic acids is 3. The number of nitrogens with zero attached hydrogens (tertiary/aromatic N) is 3. The van der Waals surface area contributed by atoms with Gasteiger partial charge >= 0.3 is 6.03 Å². The molecule has 0 aliphatic carbocycles. The van der Waals surface area contributed by atoms with E-state index < -0.39 is 29.8 Å². The average Bonchev–Trinajstić information content (AvgIpc) is 3.08. The van der Waals surface area contributed by atoms with Gasteiger partial charge in [0.1, 0.15) is 5.82 Å². The normalized spacial score (nSPS) is 14.3. The molecule has 2 heterocycles. The molecule has 0 fully saturated rings. The summed E-state index contributed by atoms with van der Waals surface area (Å²) in [5.74, 6) is -1.91. The number of aryl methyl sites for hydroxylation is 1. The van der Waals surface area contributed by atoms with E-state index in [1.54, 1.807) is 66.7 Å². The van der Waals surface area contributed by atoms with Crippen LogP contribution in [-0.2, 0) is 11.3 Å². The maximum absolute atomic E-state index is 15.1. The van der Waals surface area contributed by atoms with E-state index in [0.29, 0.717) is 16.9 Å². The highest BCUT2D eigenvalue weighted by atomic mass is 19.1. The average molecular weight is 537 g/mol. The molecule has 0 saturated heterocycles. The number of carbonyl (C=O) groups is 3. The molecule has 0 bridgehead atoms. The molecule has 1 aliphatic rings. The summed E-state index contributed by atoms with van der Waals surface area (Å²) in [4.78, 5) is 49.6. The number of para-hydroxylation sites is 1. The number of rotatable bonds is 6. The Morgan fingerprint density at radius 2 is 1.75 bits per heavy atom. The SMILES string of the molecule is Cc1cccc(NC(=O)N(Cc2ncccc2C(N)=O)C2N=C(c3ccccc3F)c3ccccc3NC2=O)c1. The van der Waals surface area contributed by atoms with Crippen LogP contribution in [0.25, 0.3) is 0 Å². The van der Waals surface area contributed by atoms with Gasteiger partial charge < -0.3 is 16.4 Å². The first-order chi connectivity index (χ1) is 19.3.